The molecule has 44 heavy (non-hydrogen) atoms. The molecule has 0 radical (unpaired) electrons. The lowest BCUT2D eigenvalue weighted by molar-refractivity contribution is 0.000510. The molecule has 232 valence electrons. The first kappa shape index (κ1) is 31.8. The summed E-state index contributed by atoms with van der Waals surface area (Å²) in [6.45, 7) is 7.03. The third-order valence-corrected chi connectivity index (χ3v) is 7.44. The summed E-state index contributed by atoms with van der Waals surface area (Å²) in [7, 11) is 0. The van der Waals surface area contributed by atoms with Gasteiger partial charge in [-0.25, -0.2) is 0 Å². The van der Waals surface area contributed by atoms with Crippen LogP contribution in [0.4, 0.5) is 0 Å². The Labute approximate surface area is 260 Å². The zero-order valence-electron chi connectivity index (χ0n) is 25.2. The number of pyridine rings is 4. The van der Waals surface area contributed by atoms with Crippen molar-refractivity contribution in [3.63, 3.8) is 0 Å². The molecule has 0 N–H and O–H groups in total. The predicted octanol–water partition coefficient (Wildman–Crippen LogP) is 3.83. The second kappa shape index (κ2) is 18.2. The van der Waals surface area contributed by atoms with Gasteiger partial charge in [0, 0.05) is 51.0 Å². The minimum absolute atomic E-state index is 0.111. The normalized spacial score (nSPS) is 17.7. The van der Waals surface area contributed by atoms with Crippen molar-refractivity contribution in [1.82, 2.24) is 29.7 Å². The van der Waals surface area contributed by atoms with Crippen molar-refractivity contribution in [2.24, 2.45) is 0 Å². The molecule has 4 aromatic heterocycles. The van der Waals surface area contributed by atoms with Gasteiger partial charge in [0.2, 0.25) is 0 Å². The van der Waals surface area contributed by atoms with E-state index in [0.29, 0.717) is 79.0 Å². The Balaban J connectivity index is 1.23. The Morgan fingerprint density at radius 3 is 0.886 bits per heavy atom. The first-order chi connectivity index (χ1) is 21.9. The summed E-state index contributed by atoms with van der Waals surface area (Å²) in [6.07, 6.45) is 7.30. The van der Waals surface area contributed by atoms with Crippen molar-refractivity contribution in [3.8, 4) is 0 Å². The van der Waals surface area contributed by atoms with Gasteiger partial charge in [0.15, 0.2) is 0 Å². The Bertz CT molecular complexity index is 1100. The number of ether oxygens (including phenoxy) is 4. The van der Waals surface area contributed by atoms with E-state index in [-0.39, 0.29) is 12.1 Å². The number of hydrogen-bond donors (Lipinski definition) is 0. The lowest BCUT2D eigenvalue weighted by atomic mass is 10.1. The van der Waals surface area contributed by atoms with Crippen LogP contribution in [0.15, 0.2) is 97.6 Å². The predicted molar refractivity (Wildman–Crippen MR) is 167 cm³/mol. The van der Waals surface area contributed by atoms with Gasteiger partial charge >= 0.3 is 0 Å². The highest BCUT2D eigenvalue weighted by Crippen LogP contribution is 2.26. The standard InChI is InChI=1S/C34H42N6O4/c1-5-13-35-29(9-1)33(30-10-2-6-14-36-30)39-17-21-41-25-27-43-23-19-40(20-24-44-28-26-42-22-18-39)34(31-11-3-7-15-37-31)32-12-4-8-16-38-32/h1-16,33-34H,17-28H2. The summed E-state index contributed by atoms with van der Waals surface area (Å²) in [5.41, 5.74) is 3.78. The van der Waals surface area contributed by atoms with E-state index in [2.05, 4.69) is 29.7 Å². The molecule has 0 saturated carbocycles. The van der Waals surface area contributed by atoms with Crippen LogP contribution in [0.1, 0.15) is 34.9 Å². The fourth-order valence-corrected chi connectivity index (χ4v) is 5.31. The molecule has 10 nitrogen and oxygen atoms in total. The molecule has 0 unspecified atom stereocenters. The smallest absolute Gasteiger partial charge is 0.0951 e. The minimum atomic E-state index is -0.111. The van der Waals surface area contributed by atoms with Gasteiger partial charge in [-0.2, -0.15) is 0 Å². The molecule has 0 aliphatic carbocycles. The summed E-state index contributed by atoms with van der Waals surface area (Å²) >= 11 is 0. The summed E-state index contributed by atoms with van der Waals surface area (Å²) in [5.74, 6) is 0. The summed E-state index contributed by atoms with van der Waals surface area (Å²) in [4.78, 5) is 23.3. The average molecular weight is 599 g/mol. The average Bonchev–Trinajstić information content (AvgIpc) is 3.08. The van der Waals surface area contributed by atoms with Crippen molar-refractivity contribution in [2.45, 2.75) is 12.1 Å². The van der Waals surface area contributed by atoms with Crippen molar-refractivity contribution >= 4 is 0 Å². The van der Waals surface area contributed by atoms with Gasteiger partial charge in [0.25, 0.3) is 0 Å². The van der Waals surface area contributed by atoms with Crippen LogP contribution in [-0.2, 0) is 18.9 Å². The molecule has 1 aliphatic heterocycles. The van der Waals surface area contributed by atoms with Crippen LogP contribution < -0.4 is 0 Å². The van der Waals surface area contributed by atoms with E-state index < -0.39 is 0 Å². The first-order valence-corrected chi connectivity index (χ1v) is 15.3. The molecule has 0 aromatic carbocycles. The maximum Gasteiger partial charge on any atom is 0.0951 e. The molecule has 0 bridgehead atoms. The zero-order valence-corrected chi connectivity index (χ0v) is 25.2. The van der Waals surface area contributed by atoms with Gasteiger partial charge in [-0.15, -0.1) is 0 Å². The monoisotopic (exact) mass is 598 g/mol. The molecule has 5 rings (SSSR count). The van der Waals surface area contributed by atoms with Crippen molar-refractivity contribution in [1.29, 1.82) is 0 Å². The molecule has 1 aliphatic rings. The third kappa shape index (κ3) is 9.68. The topological polar surface area (TPSA) is 95.0 Å². The van der Waals surface area contributed by atoms with Crippen molar-refractivity contribution in [3.05, 3.63) is 120 Å². The van der Waals surface area contributed by atoms with Crippen LogP contribution in [0.25, 0.3) is 0 Å². The Morgan fingerprint density at radius 2 is 0.659 bits per heavy atom. The van der Waals surface area contributed by atoms with Gasteiger partial charge < -0.3 is 18.9 Å². The summed E-state index contributed by atoms with van der Waals surface area (Å²) in [5, 5.41) is 0. The van der Waals surface area contributed by atoms with E-state index in [9.17, 15) is 0 Å². The lowest BCUT2D eigenvalue weighted by Crippen LogP contribution is -2.37. The van der Waals surface area contributed by atoms with Crippen LogP contribution in [0.5, 0.6) is 0 Å². The quantitative estimate of drug-likeness (QED) is 0.326. The summed E-state index contributed by atoms with van der Waals surface area (Å²) < 4.78 is 24.2. The fraction of sp³-hybridized carbons (Fsp3) is 0.412. The highest BCUT2D eigenvalue weighted by Gasteiger charge is 2.26. The van der Waals surface area contributed by atoms with Gasteiger partial charge in [0.1, 0.15) is 0 Å². The van der Waals surface area contributed by atoms with E-state index >= 15 is 0 Å². The lowest BCUT2D eigenvalue weighted by Gasteiger charge is -2.31. The van der Waals surface area contributed by atoms with Crippen LogP contribution >= 0.6 is 0 Å². The maximum absolute atomic E-state index is 6.04. The maximum atomic E-state index is 6.04. The Morgan fingerprint density at radius 1 is 0.386 bits per heavy atom. The fourth-order valence-electron chi connectivity index (χ4n) is 5.31. The van der Waals surface area contributed by atoms with Gasteiger partial charge in [-0.1, -0.05) is 24.3 Å². The highest BCUT2D eigenvalue weighted by molar-refractivity contribution is 5.23. The second-order valence-electron chi connectivity index (χ2n) is 10.3. The molecule has 4 aromatic rings. The van der Waals surface area contributed by atoms with E-state index in [0.717, 1.165) is 22.8 Å². The molecule has 1 fully saturated rings. The zero-order chi connectivity index (χ0) is 30.1. The SMILES string of the molecule is c1ccc(C(c2ccccn2)N2CCOCCOCCN(C(c3ccccn3)c3ccccn3)CCOCCOCC2)nc1. The van der Waals surface area contributed by atoms with Crippen LogP contribution in [0.2, 0.25) is 0 Å². The van der Waals surface area contributed by atoms with Crippen LogP contribution in [0, 0.1) is 0 Å². The first-order valence-electron chi connectivity index (χ1n) is 15.3. The molecular formula is C34H42N6O4. The summed E-state index contributed by atoms with van der Waals surface area (Å²) in [6, 6.07) is 23.7. The number of rotatable bonds is 6. The minimum Gasteiger partial charge on any atom is -0.378 e. The number of aromatic nitrogens is 4. The van der Waals surface area contributed by atoms with Gasteiger partial charge in [-0.05, 0) is 48.5 Å². The van der Waals surface area contributed by atoms with E-state index in [1.807, 2.05) is 97.6 Å². The molecule has 0 atom stereocenters. The van der Waals surface area contributed by atoms with E-state index in [1.54, 1.807) is 0 Å². The van der Waals surface area contributed by atoms with E-state index in [4.69, 9.17) is 18.9 Å². The van der Waals surface area contributed by atoms with Crippen LogP contribution in [0.3, 0.4) is 0 Å². The van der Waals surface area contributed by atoms with Crippen LogP contribution in [-0.4, -0.2) is 109 Å². The molecule has 0 spiro atoms. The third-order valence-electron chi connectivity index (χ3n) is 7.44. The molecule has 10 heteroatoms. The molecule has 0 amide bonds. The van der Waals surface area contributed by atoms with Crippen molar-refractivity contribution in [2.75, 3.05) is 79.0 Å². The molecule has 1 saturated heterocycles. The molecule has 5 heterocycles. The van der Waals surface area contributed by atoms with Crippen molar-refractivity contribution < 1.29 is 18.9 Å². The second-order valence-corrected chi connectivity index (χ2v) is 10.3. The van der Waals surface area contributed by atoms with Gasteiger partial charge in [0.05, 0.1) is 87.7 Å². The Hall–Kier alpha value is -3.64. The Kier molecular flexibility index (Phi) is 13.2. The van der Waals surface area contributed by atoms with Gasteiger partial charge in [-0.3, -0.25) is 29.7 Å². The number of nitrogens with zero attached hydrogens (tertiary/aromatic N) is 6. The molecular weight excluding hydrogens is 556 g/mol. The highest BCUT2D eigenvalue weighted by atomic mass is 16.5. The largest absolute Gasteiger partial charge is 0.378 e. The number of hydrogen-bond acceptors (Lipinski definition) is 10. The van der Waals surface area contributed by atoms with E-state index in [1.165, 1.54) is 0 Å².